The van der Waals surface area contributed by atoms with E-state index in [9.17, 15) is 9.59 Å². The van der Waals surface area contributed by atoms with Gasteiger partial charge in [-0.25, -0.2) is 0 Å². The highest BCUT2D eigenvalue weighted by Crippen LogP contribution is 2.56. The number of nitrogens with zero attached hydrogens (tertiary/aromatic N) is 2. The maximum Gasteiger partial charge on any atom is 0.233 e. The molecule has 1 saturated heterocycles. The molecule has 1 aliphatic heterocycles. The third-order valence-corrected chi connectivity index (χ3v) is 8.63. The Kier molecular flexibility index (Phi) is 7.76. The van der Waals surface area contributed by atoms with Gasteiger partial charge in [0.25, 0.3) is 0 Å². The molecule has 6 nitrogen and oxygen atoms in total. The molecule has 5 rings (SSSR count). The minimum Gasteiger partial charge on any atom is -0.497 e. The largest absolute Gasteiger partial charge is 0.497 e. The van der Waals surface area contributed by atoms with Gasteiger partial charge in [0.1, 0.15) is 5.75 Å². The number of likely N-dealkylation sites (tertiary alicyclic amines) is 1. The smallest absolute Gasteiger partial charge is 0.233 e. The van der Waals surface area contributed by atoms with Gasteiger partial charge >= 0.3 is 0 Å². The second-order valence-electron chi connectivity index (χ2n) is 11.2. The molecule has 2 unspecified atom stereocenters. The van der Waals surface area contributed by atoms with Crippen molar-refractivity contribution in [2.75, 3.05) is 33.8 Å². The monoisotopic (exact) mass is 525 g/mol. The zero-order valence-electron chi connectivity index (χ0n) is 23.2. The summed E-state index contributed by atoms with van der Waals surface area (Å²) in [5, 5.41) is 3.27. The molecule has 0 aromatic heterocycles. The lowest BCUT2D eigenvalue weighted by atomic mass is 9.80. The Labute approximate surface area is 232 Å². The van der Waals surface area contributed by atoms with Crippen LogP contribution in [0.4, 0.5) is 0 Å². The van der Waals surface area contributed by atoms with Crippen molar-refractivity contribution in [3.05, 3.63) is 102 Å². The summed E-state index contributed by atoms with van der Waals surface area (Å²) in [6.07, 6.45) is 2.53. The Morgan fingerprint density at radius 2 is 1.54 bits per heavy atom. The first-order valence-corrected chi connectivity index (χ1v) is 13.9. The van der Waals surface area contributed by atoms with Crippen molar-refractivity contribution >= 4 is 11.8 Å². The maximum absolute atomic E-state index is 14.1. The first-order valence-electron chi connectivity index (χ1n) is 13.9. The van der Waals surface area contributed by atoms with Crippen LogP contribution in [0.15, 0.2) is 84.9 Å². The van der Waals surface area contributed by atoms with Crippen molar-refractivity contribution in [2.45, 2.75) is 43.7 Å². The number of amides is 2. The van der Waals surface area contributed by atoms with E-state index in [4.69, 9.17) is 4.74 Å². The Balaban J connectivity index is 1.32. The highest BCUT2D eigenvalue weighted by Gasteiger charge is 2.62. The number of hydrogen-bond donors (Lipinski definition) is 1. The summed E-state index contributed by atoms with van der Waals surface area (Å²) >= 11 is 0. The van der Waals surface area contributed by atoms with Gasteiger partial charge in [-0.2, -0.15) is 0 Å². The Morgan fingerprint density at radius 3 is 2.13 bits per heavy atom. The third kappa shape index (κ3) is 5.57. The predicted molar refractivity (Wildman–Crippen MR) is 153 cm³/mol. The lowest BCUT2D eigenvalue weighted by Crippen LogP contribution is -2.53. The number of methoxy groups -OCH3 is 1. The Hall–Kier alpha value is -3.64. The molecule has 1 saturated carbocycles. The molecular formula is C33H39N3O3. The van der Waals surface area contributed by atoms with Crippen molar-refractivity contribution < 1.29 is 14.3 Å². The molecule has 1 N–H and O–H groups in total. The highest BCUT2D eigenvalue weighted by molar-refractivity contribution is 5.92. The van der Waals surface area contributed by atoms with Gasteiger partial charge in [0.15, 0.2) is 0 Å². The van der Waals surface area contributed by atoms with Crippen molar-refractivity contribution in [1.82, 2.24) is 15.1 Å². The number of nitrogens with one attached hydrogen (secondary N) is 1. The third-order valence-electron chi connectivity index (χ3n) is 8.63. The zero-order valence-corrected chi connectivity index (χ0v) is 23.2. The van der Waals surface area contributed by atoms with Gasteiger partial charge in [0.2, 0.25) is 11.8 Å². The van der Waals surface area contributed by atoms with Crippen LogP contribution in [0.1, 0.15) is 42.9 Å². The summed E-state index contributed by atoms with van der Waals surface area (Å²) in [6.45, 7) is 4.80. The summed E-state index contributed by atoms with van der Waals surface area (Å²) in [6, 6.07) is 28.5. The molecule has 2 amide bonds. The van der Waals surface area contributed by atoms with E-state index in [0.29, 0.717) is 6.54 Å². The molecule has 2 fully saturated rings. The van der Waals surface area contributed by atoms with Crippen LogP contribution < -0.4 is 10.1 Å². The standard InChI is InChI=1S/C33H39N3O3/c1-25(37)34-32(27-12-8-5-9-13-27)18-20-36(21-19-32)24-29-22-33(29,28-14-16-30(39-3)17-15-28)31(38)35(2)23-26-10-6-4-7-11-26/h4-17,29H,18-24H2,1-3H3,(H,34,37). The molecule has 1 aliphatic carbocycles. The van der Waals surface area contributed by atoms with E-state index in [1.807, 2.05) is 60.5 Å². The van der Waals surface area contributed by atoms with Crippen LogP contribution in [0, 0.1) is 5.92 Å². The van der Waals surface area contributed by atoms with Crippen molar-refractivity contribution in [3.8, 4) is 5.75 Å². The van der Waals surface area contributed by atoms with Gasteiger partial charge in [0, 0.05) is 40.2 Å². The van der Waals surface area contributed by atoms with Crippen LogP contribution in [0.5, 0.6) is 5.75 Å². The van der Waals surface area contributed by atoms with E-state index >= 15 is 0 Å². The molecule has 204 valence electrons. The molecule has 0 radical (unpaired) electrons. The average molecular weight is 526 g/mol. The summed E-state index contributed by atoms with van der Waals surface area (Å²) in [7, 11) is 3.58. The number of carbonyl (C=O) groups is 2. The first-order chi connectivity index (χ1) is 18.9. The van der Waals surface area contributed by atoms with Crippen LogP contribution in [0.2, 0.25) is 0 Å². The van der Waals surface area contributed by atoms with Crippen LogP contribution in [0.3, 0.4) is 0 Å². The van der Waals surface area contributed by atoms with Crippen LogP contribution in [-0.2, 0) is 27.1 Å². The lowest BCUT2D eigenvalue weighted by Gasteiger charge is -2.43. The summed E-state index contributed by atoms with van der Waals surface area (Å²) in [5.74, 6) is 1.21. The summed E-state index contributed by atoms with van der Waals surface area (Å²) in [4.78, 5) is 30.6. The van der Waals surface area contributed by atoms with Gasteiger partial charge in [-0.3, -0.25) is 9.59 Å². The number of carbonyl (C=O) groups excluding carboxylic acids is 2. The minimum absolute atomic E-state index is 0.0000635. The van der Waals surface area contributed by atoms with Crippen molar-refractivity contribution in [2.24, 2.45) is 5.92 Å². The van der Waals surface area contributed by atoms with Crippen molar-refractivity contribution in [1.29, 1.82) is 0 Å². The zero-order chi connectivity index (χ0) is 27.5. The predicted octanol–water partition coefficient (Wildman–Crippen LogP) is 4.74. The van der Waals surface area contributed by atoms with E-state index in [-0.39, 0.29) is 23.3 Å². The quantitative estimate of drug-likeness (QED) is 0.439. The second-order valence-corrected chi connectivity index (χ2v) is 11.2. The maximum atomic E-state index is 14.1. The Bertz CT molecular complexity index is 1270. The Morgan fingerprint density at radius 1 is 0.923 bits per heavy atom. The number of likely N-dealkylation sites (N-methyl/N-ethyl adjacent to an activating group) is 1. The first kappa shape index (κ1) is 26.9. The number of rotatable bonds is 9. The van der Waals surface area contributed by atoms with E-state index < -0.39 is 5.41 Å². The highest BCUT2D eigenvalue weighted by atomic mass is 16.5. The lowest BCUT2D eigenvalue weighted by molar-refractivity contribution is -0.133. The normalized spacial score (nSPS) is 22.1. The van der Waals surface area contributed by atoms with Crippen molar-refractivity contribution in [3.63, 3.8) is 0 Å². The molecule has 0 bridgehead atoms. The molecule has 2 aliphatic rings. The number of piperidine rings is 1. The fourth-order valence-electron chi connectivity index (χ4n) is 6.46. The minimum atomic E-state index is -0.526. The van der Waals surface area contributed by atoms with Gasteiger partial charge in [-0.05, 0) is 54.0 Å². The van der Waals surface area contributed by atoms with E-state index in [2.05, 4.69) is 46.6 Å². The molecule has 3 aromatic carbocycles. The molecule has 3 aromatic rings. The topological polar surface area (TPSA) is 61.9 Å². The summed E-state index contributed by atoms with van der Waals surface area (Å²) < 4.78 is 5.39. The fourth-order valence-corrected chi connectivity index (χ4v) is 6.46. The molecule has 1 heterocycles. The van der Waals surface area contributed by atoms with Gasteiger partial charge in [-0.15, -0.1) is 0 Å². The molecule has 6 heteroatoms. The molecular weight excluding hydrogens is 486 g/mol. The number of benzene rings is 3. The molecule has 0 spiro atoms. The van der Waals surface area contributed by atoms with E-state index in [0.717, 1.165) is 61.3 Å². The van der Waals surface area contributed by atoms with Crippen LogP contribution in [0.25, 0.3) is 0 Å². The number of ether oxygens (including phenoxy) is 1. The van der Waals surface area contributed by atoms with Crippen LogP contribution in [-0.4, -0.2) is 55.4 Å². The van der Waals surface area contributed by atoms with Gasteiger partial charge in [-0.1, -0.05) is 72.8 Å². The number of hydrogen-bond acceptors (Lipinski definition) is 4. The SMILES string of the molecule is COc1ccc(C2(C(=O)N(C)Cc3ccccc3)CC2CN2CCC(NC(C)=O)(c3ccccc3)CC2)cc1. The van der Waals surface area contributed by atoms with E-state index in [1.54, 1.807) is 14.0 Å². The summed E-state index contributed by atoms with van der Waals surface area (Å²) in [5.41, 5.74) is 2.48. The van der Waals surface area contributed by atoms with E-state index in [1.165, 1.54) is 0 Å². The fraction of sp³-hybridized carbons (Fsp3) is 0.394. The van der Waals surface area contributed by atoms with Gasteiger partial charge < -0.3 is 19.9 Å². The van der Waals surface area contributed by atoms with Crippen LogP contribution >= 0.6 is 0 Å². The second kappa shape index (κ2) is 11.2. The molecule has 39 heavy (non-hydrogen) atoms. The average Bonchev–Trinajstić information content (AvgIpc) is 3.69. The van der Waals surface area contributed by atoms with Gasteiger partial charge in [0.05, 0.1) is 18.1 Å². The molecule has 2 atom stereocenters.